The molecule has 3 aromatic rings. The lowest BCUT2D eigenvalue weighted by atomic mass is 9.87. The topological polar surface area (TPSA) is 55.6 Å². The van der Waals surface area contributed by atoms with Crippen molar-refractivity contribution in [3.05, 3.63) is 80.7 Å². The minimum Gasteiger partial charge on any atom is -0.484 e. The molecule has 3 rings (SSSR count). The van der Waals surface area contributed by atoms with Crippen LogP contribution in [0.2, 0.25) is 0 Å². The van der Waals surface area contributed by atoms with Crippen molar-refractivity contribution in [2.45, 2.75) is 40.0 Å². The molecule has 31 heavy (non-hydrogen) atoms. The highest BCUT2D eigenvalue weighted by molar-refractivity contribution is 14.1. The second-order valence-corrected chi connectivity index (χ2v) is 9.74. The van der Waals surface area contributed by atoms with E-state index in [4.69, 9.17) is 4.74 Å². The number of halogens is 1. The van der Waals surface area contributed by atoms with E-state index < -0.39 is 0 Å². The number of ether oxygens (including phenoxy) is 1. The number of hydrazone groups is 1. The summed E-state index contributed by atoms with van der Waals surface area (Å²) in [6.07, 6.45) is 1.67. The first-order valence-electron chi connectivity index (χ1n) is 10.2. The first-order chi connectivity index (χ1) is 14.6. The Morgan fingerprint density at radius 3 is 2.35 bits per heavy atom. The first kappa shape index (κ1) is 23.1. The molecule has 1 N–H and O–H groups in total. The smallest absolute Gasteiger partial charge is 0.277 e. The molecule has 0 saturated carbocycles. The summed E-state index contributed by atoms with van der Waals surface area (Å²) in [5, 5.41) is 4.10. The van der Waals surface area contributed by atoms with Crippen molar-refractivity contribution in [1.29, 1.82) is 0 Å². The van der Waals surface area contributed by atoms with Gasteiger partial charge in [-0.25, -0.2) is 5.43 Å². The van der Waals surface area contributed by atoms with Crippen LogP contribution in [0.1, 0.15) is 43.3 Å². The van der Waals surface area contributed by atoms with Crippen molar-refractivity contribution in [1.82, 2.24) is 9.99 Å². The lowest BCUT2D eigenvalue weighted by Gasteiger charge is -2.19. The minimum atomic E-state index is -0.303. The number of benzene rings is 2. The zero-order chi connectivity index (χ0) is 22.6. The summed E-state index contributed by atoms with van der Waals surface area (Å²) in [5.41, 5.74) is 8.06. The van der Waals surface area contributed by atoms with Crippen LogP contribution in [-0.4, -0.2) is 23.3 Å². The van der Waals surface area contributed by atoms with Gasteiger partial charge in [0.25, 0.3) is 5.91 Å². The molecule has 5 nitrogen and oxygen atoms in total. The van der Waals surface area contributed by atoms with E-state index >= 15 is 0 Å². The lowest BCUT2D eigenvalue weighted by Crippen LogP contribution is -2.24. The Labute approximate surface area is 197 Å². The van der Waals surface area contributed by atoms with Gasteiger partial charge in [0, 0.05) is 26.2 Å². The molecule has 162 valence electrons. The fourth-order valence-corrected chi connectivity index (χ4v) is 3.67. The van der Waals surface area contributed by atoms with Gasteiger partial charge in [-0.05, 0) is 89.9 Å². The third-order valence-corrected chi connectivity index (χ3v) is 5.76. The monoisotopic (exact) mass is 529 g/mol. The van der Waals surface area contributed by atoms with Gasteiger partial charge in [0.1, 0.15) is 5.75 Å². The Morgan fingerprint density at radius 1 is 1.10 bits per heavy atom. The molecule has 0 spiro atoms. The van der Waals surface area contributed by atoms with Gasteiger partial charge >= 0.3 is 0 Å². The Kier molecular flexibility index (Phi) is 7.20. The summed E-state index contributed by atoms with van der Waals surface area (Å²) >= 11 is 2.30. The highest BCUT2D eigenvalue weighted by Gasteiger charge is 2.13. The van der Waals surface area contributed by atoms with E-state index in [9.17, 15) is 4.79 Å². The van der Waals surface area contributed by atoms with E-state index in [1.54, 1.807) is 6.21 Å². The van der Waals surface area contributed by atoms with Gasteiger partial charge in [-0.15, -0.1) is 0 Å². The number of carbonyl (C=O) groups excluding carboxylic acids is 1. The number of nitrogens with one attached hydrogen (secondary N) is 1. The molecule has 0 aliphatic rings. The normalized spacial score (nSPS) is 11.7. The molecule has 1 heterocycles. The van der Waals surface area contributed by atoms with E-state index in [0.29, 0.717) is 5.75 Å². The van der Waals surface area contributed by atoms with Crippen LogP contribution in [0.5, 0.6) is 5.75 Å². The summed E-state index contributed by atoms with van der Waals surface area (Å²) in [6.45, 7) is 10.5. The standard InChI is InChI=1S/C25H28IN3O2/c1-17-14-19(18(2)29(17)22-10-8-21(26)9-11-22)15-27-28-24(30)16-31-23-12-6-20(7-13-23)25(3,4)5/h6-15H,16H2,1-5H3,(H,28,30)/b27-15+. The van der Waals surface area contributed by atoms with Crippen LogP contribution in [0.15, 0.2) is 59.7 Å². The summed E-state index contributed by atoms with van der Waals surface area (Å²) < 4.78 is 8.93. The van der Waals surface area contributed by atoms with E-state index in [0.717, 1.165) is 22.6 Å². The molecule has 0 atom stereocenters. The maximum absolute atomic E-state index is 12.1. The van der Waals surface area contributed by atoms with Gasteiger partial charge in [0.05, 0.1) is 6.21 Å². The van der Waals surface area contributed by atoms with Gasteiger partial charge in [-0.1, -0.05) is 32.9 Å². The molecule has 0 bridgehead atoms. The number of nitrogens with zero attached hydrogens (tertiary/aromatic N) is 2. The van der Waals surface area contributed by atoms with Gasteiger partial charge in [-0.3, -0.25) is 4.79 Å². The average Bonchev–Trinajstić information content (AvgIpc) is 3.00. The van der Waals surface area contributed by atoms with Crippen molar-refractivity contribution in [2.75, 3.05) is 6.61 Å². The molecular weight excluding hydrogens is 501 g/mol. The largest absolute Gasteiger partial charge is 0.484 e. The zero-order valence-electron chi connectivity index (χ0n) is 18.6. The van der Waals surface area contributed by atoms with Gasteiger partial charge in [0.15, 0.2) is 6.61 Å². The van der Waals surface area contributed by atoms with Crippen LogP contribution in [0.4, 0.5) is 0 Å². The number of rotatable bonds is 6. The fourth-order valence-electron chi connectivity index (χ4n) is 3.31. The van der Waals surface area contributed by atoms with Crippen LogP contribution < -0.4 is 10.2 Å². The molecular formula is C25H28IN3O2. The maximum Gasteiger partial charge on any atom is 0.277 e. The minimum absolute atomic E-state index is 0.0825. The van der Waals surface area contributed by atoms with E-state index in [-0.39, 0.29) is 17.9 Å². The number of hydrogen-bond donors (Lipinski definition) is 1. The summed E-state index contributed by atoms with van der Waals surface area (Å²) in [7, 11) is 0. The summed E-state index contributed by atoms with van der Waals surface area (Å²) in [5.74, 6) is 0.357. The third-order valence-electron chi connectivity index (χ3n) is 5.04. The van der Waals surface area contributed by atoms with Gasteiger partial charge in [0.2, 0.25) is 0 Å². The highest BCUT2D eigenvalue weighted by atomic mass is 127. The fraction of sp³-hybridized carbons (Fsp3) is 0.280. The predicted molar refractivity (Wildman–Crippen MR) is 134 cm³/mol. The van der Waals surface area contributed by atoms with Crippen LogP contribution in [0.25, 0.3) is 5.69 Å². The van der Waals surface area contributed by atoms with Gasteiger partial charge in [-0.2, -0.15) is 5.10 Å². The molecule has 0 saturated heterocycles. The molecule has 0 unspecified atom stereocenters. The molecule has 1 aromatic heterocycles. The van der Waals surface area contributed by atoms with E-state index in [2.05, 4.69) is 95.7 Å². The van der Waals surface area contributed by atoms with Crippen molar-refractivity contribution in [3.63, 3.8) is 0 Å². The highest BCUT2D eigenvalue weighted by Crippen LogP contribution is 2.24. The summed E-state index contributed by atoms with van der Waals surface area (Å²) in [4.78, 5) is 12.1. The molecule has 0 aliphatic carbocycles. The second-order valence-electron chi connectivity index (χ2n) is 8.49. The third kappa shape index (κ3) is 5.97. The number of hydrogen-bond acceptors (Lipinski definition) is 3. The second kappa shape index (κ2) is 9.68. The van der Waals surface area contributed by atoms with Crippen molar-refractivity contribution in [2.24, 2.45) is 5.10 Å². The average molecular weight is 529 g/mol. The lowest BCUT2D eigenvalue weighted by molar-refractivity contribution is -0.123. The number of aromatic nitrogens is 1. The molecule has 2 aromatic carbocycles. The first-order valence-corrected chi connectivity index (χ1v) is 11.2. The maximum atomic E-state index is 12.1. The Hall–Kier alpha value is -2.61. The van der Waals surface area contributed by atoms with E-state index in [1.807, 2.05) is 31.2 Å². The Balaban J connectivity index is 1.57. The summed E-state index contributed by atoms with van der Waals surface area (Å²) in [6, 6.07) is 18.2. The van der Waals surface area contributed by atoms with Crippen molar-refractivity contribution in [3.8, 4) is 11.4 Å². The van der Waals surface area contributed by atoms with Crippen molar-refractivity contribution < 1.29 is 9.53 Å². The van der Waals surface area contributed by atoms with Crippen LogP contribution >= 0.6 is 22.6 Å². The number of carbonyl (C=O) groups is 1. The molecule has 0 radical (unpaired) electrons. The Morgan fingerprint density at radius 2 is 1.74 bits per heavy atom. The van der Waals surface area contributed by atoms with Crippen molar-refractivity contribution >= 4 is 34.7 Å². The molecule has 1 amide bonds. The quantitative estimate of drug-likeness (QED) is 0.260. The van der Waals surface area contributed by atoms with Gasteiger partial charge < -0.3 is 9.30 Å². The number of aryl methyl sites for hydroxylation is 1. The zero-order valence-corrected chi connectivity index (χ0v) is 20.7. The molecule has 0 aliphatic heterocycles. The molecule has 6 heteroatoms. The SMILES string of the molecule is Cc1cc(/C=N/NC(=O)COc2ccc(C(C)(C)C)cc2)c(C)n1-c1ccc(I)cc1. The Bertz CT molecular complexity index is 1080. The molecule has 0 fully saturated rings. The number of amides is 1. The van der Waals surface area contributed by atoms with E-state index in [1.165, 1.54) is 9.13 Å². The van der Waals surface area contributed by atoms with Crippen LogP contribution in [-0.2, 0) is 10.2 Å². The van der Waals surface area contributed by atoms with Crippen LogP contribution in [0.3, 0.4) is 0 Å². The van der Waals surface area contributed by atoms with Crippen LogP contribution in [0, 0.1) is 17.4 Å². The predicted octanol–water partition coefficient (Wildman–Crippen LogP) is 5.53.